The largest absolute Gasteiger partial charge is 0.465 e. The predicted molar refractivity (Wildman–Crippen MR) is 88.5 cm³/mol. The molecule has 0 spiro atoms. The van der Waals surface area contributed by atoms with Gasteiger partial charge in [0.25, 0.3) is 0 Å². The van der Waals surface area contributed by atoms with Crippen molar-refractivity contribution < 1.29 is 27.5 Å². The van der Waals surface area contributed by atoms with Gasteiger partial charge in [0, 0.05) is 17.2 Å². The van der Waals surface area contributed by atoms with Gasteiger partial charge in [-0.2, -0.15) is 0 Å². The molecule has 0 bridgehead atoms. The number of ether oxygens (including phenoxy) is 2. The first kappa shape index (κ1) is 18.7. The summed E-state index contributed by atoms with van der Waals surface area (Å²) in [6.45, 7) is 3.24. The van der Waals surface area contributed by atoms with Gasteiger partial charge in [-0.25, -0.2) is 8.42 Å². The number of sulfone groups is 1. The van der Waals surface area contributed by atoms with E-state index in [9.17, 15) is 18.0 Å². The average Bonchev–Trinajstić information content (AvgIpc) is 3.20. The molecule has 132 valence electrons. The number of esters is 2. The summed E-state index contributed by atoms with van der Waals surface area (Å²) in [6, 6.07) is 6.36. The minimum Gasteiger partial charge on any atom is -0.465 e. The lowest BCUT2D eigenvalue weighted by Crippen LogP contribution is -2.35. The zero-order chi connectivity index (χ0) is 18.1. The second kappa shape index (κ2) is 6.72. The highest BCUT2D eigenvalue weighted by atomic mass is 35.5. The van der Waals surface area contributed by atoms with Crippen molar-refractivity contribution in [2.24, 2.45) is 5.41 Å². The molecule has 0 aliphatic heterocycles. The van der Waals surface area contributed by atoms with Gasteiger partial charge in [0.15, 0.2) is 15.3 Å². The molecule has 1 aliphatic carbocycles. The average molecular weight is 375 g/mol. The molecular weight excluding hydrogens is 356 g/mol. The van der Waals surface area contributed by atoms with Gasteiger partial charge < -0.3 is 9.47 Å². The highest BCUT2D eigenvalue weighted by Crippen LogP contribution is 2.64. The van der Waals surface area contributed by atoms with Gasteiger partial charge in [-0.15, -0.1) is 0 Å². The Morgan fingerprint density at radius 1 is 1.08 bits per heavy atom. The summed E-state index contributed by atoms with van der Waals surface area (Å²) in [6.07, 6.45) is 1.00. The quantitative estimate of drug-likeness (QED) is 0.558. The third-order valence-corrected chi connectivity index (χ3v) is 5.87. The number of rotatable bonds is 6. The number of carbonyl (C=O) groups is 2. The summed E-state index contributed by atoms with van der Waals surface area (Å²) in [5.41, 5.74) is -1.34. The van der Waals surface area contributed by atoms with Crippen LogP contribution >= 0.6 is 11.6 Å². The Morgan fingerprint density at radius 2 is 1.54 bits per heavy atom. The number of benzene rings is 1. The Balaban J connectivity index is 2.58. The maximum Gasteiger partial charge on any atom is 0.325 e. The van der Waals surface area contributed by atoms with E-state index in [0.717, 1.165) is 6.26 Å². The summed E-state index contributed by atoms with van der Waals surface area (Å²) < 4.78 is 34.5. The molecule has 6 nitrogen and oxygen atoms in total. The fourth-order valence-electron chi connectivity index (χ4n) is 3.12. The van der Waals surface area contributed by atoms with Crippen LogP contribution in [0.1, 0.15) is 25.3 Å². The molecule has 0 heterocycles. The molecular formula is C16H19ClO6S. The Morgan fingerprint density at radius 3 is 1.92 bits per heavy atom. The maximum absolute atomic E-state index is 12.5. The summed E-state index contributed by atoms with van der Waals surface area (Å²) in [5, 5.41) is -0.752. The van der Waals surface area contributed by atoms with Crippen molar-refractivity contribution in [2.45, 2.75) is 25.0 Å². The molecule has 1 aromatic rings. The normalized spacial score (nSPS) is 21.8. The van der Waals surface area contributed by atoms with E-state index in [0.29, 0.717) is 10.6 Å². The minimum atomic E-state index is -3.71. The monoisotopic (exact) mass is 374 g/mol. The van der Waals surface area contributed by atoms with Crippen LogP contribution in [0.15, 0.2) is 24.3 Å². The van der Waals surface area contributed by atoms with Crippen LogP contribution in [0.5, 0.6) is 0 Å². The van der Waals surface area contributed by atoms with Crippen molar-refractivity contribution in [3.8, 4) is 0 Å². The van der Waals surface area contributed by atoms with Crippen molar-refractivity contribution in [2.75, 3.05) is 19.5 Å². The van der Waals surface area contributed by atoms with E-state index in [1.807, 2.05) is 0 Å². The Hall–Kier alpha value is -1.60. The van der Waals surface area contributed by atoms with Crippen LogP contribution in [0.4, 0.5) is 0 Å². The van der Waals surface area contributed by atoms with Crippen molar-refractivity contribution in [1.29, 1.82) is 0 Å². The number of halogens is 1. The fraction of sp³-hybridized carbons (Fsp3) is 0.500. The van der Waals surface area contributed by atoms with Gasteiger partial charge in [-0.1, -0.05) is 23.7 Å². The third kappa shape index (κ3) is 3.02. The smallest absolute Gasteiger partial charge is 0.325 e. The first-order chi connectivity index (χ1) is 11.2. The molecule has 0 aromatic heterocycles. The van der Waals surface area contributed by atoms with Gasteiger partial charge in [-0.3, -0.25) is 9.59 Å². The third-order valence-electron chi connectivity index (χ3n) is 4.05. The zero-order valence-corrected chi connectivity index (χ0v) is 15.2. The molecule has 2 rings (SSSR count). The molecule has 8 heteroatoms. The first-order valence-corrected chi connectivity index (χ1v) is 9.83. The van der Waals surface area contributed by atoms with Crippen molar-refractivity contribution in [1.82, 2.24) is 0 Å². The Bertz CT molecular complexity index is 722. The van der Waals surface area contributed by atoms with E-state index < -0.39 is 38.4 Å². The topological polar surface area (TPSA) is 86.7 Å². The van der Waals surface area contributed by atoms with Crippen LogP contribution < -0.4 is 0 Å². The molecule has 1 saturated carbocycles. The van der Waals surface area contributed by atoms with Crippen LogP contribution in [-0.2, 0) is 28.9 Å². The predicted octanol–water partition coefficient (Wildman–Crippen LogP) is 1.96. The summed E-state index contributed by atoms with van der Waals surface area (Å²) in [7, 11) is -3.71. The molecule has 2 atom stereocenters. The molecule has 2 unspecified atom stereocenters. The van der Waals surface area contributed by atoms with Crippen molar-refractivity contribution in [3.05, 3.63) is 34.9 Å². The molecule has 1 fully saturated rings. The minimum absolute atomic E-state index is 0.0316. The molecule has 0 radical (unpaired) electrons. The summed E-state index contributed by atoms with van der Waals surface area (Å²) >= 11 is 5.86. The molecule has 0 saturated heterocycles. The van der Waals surface area contributed by atoms with Crippen LogP contribution in [0, 0.1) is 5.41 Å². The van der Waals surface area contributed by atoms with Crippen LogP contribution in [0.2, 0.25) is 5.02 Å². The standard InChI is InChI=1S/C16H19ClO6S/c1-4-22-14(18)16(15(19)23-5-2)12(13(16)24(3,20)21)10-6-8-11(17)9-7-10/h6-9,12-13H,4-5H2,1-3H3. The van der Waals surface area contributed by atoms with Gasteiger partial charge >= 0.3 is 11.9 Å². The summed E-state index contributed by atoms with van der Waals surface area (Å²) in [5.74, 6) is -2.61. The van der Waals surface area contributed by atoms with E-state index in [2.05, 4.69) is 0 Å². The van der Waals surface area contributed by atoms with E-state index in [4.69, 9.17) is 21.1 Å². The number of carbonyl (C=O) groups excluding carboxylic acids is 2. The van der Waals surface area contributed by atoms with E-state index >= 15 is 0 Å². The molecule has 1 aromatic carbocycles. The highest BCUT2D eigenvalue weighted by Gasteiger charge is 2.80. The Labute approximate surface area is 146 Å². The fourth-order valence-corrected chi connectivity index (χ4v) is 5.05. The van der Waals surface area contributed by atoms with Gasteiger partial charge in [0.1, 0.15) is 0 Å². The van der Waals surface area contributed by atoms with Crippen LogP contribution in [0.3, 0.4) is 0 Å². The first-order valence-electron chi connectivity index (χ1n) is 7.50. The number of hydrogen-bond acceptors (Lipinski definition) is 6. The van der Waals surface area contributed by atoms with Gasteiger partial charge in [0.05, 0.1) is 18.5 Å². The van der Waals surface area contributed by atoms with E-state index in [1.165, 1.54) is 0 Å². The van der Waals surface area contributed by atoms with E-state index in [-0.39, 0.29) is 13.2 Å². The summed E-state index contributed by atoms with van der Waals surface area (Å²) in [4.78, 5) is 25.1. The van der Waals surface area contributed by atoms with Gasteiger partial charge in [-0.05, 0) is 31.5 Å². The SMILES string of the molecule is CCOC(=O)C1(C(=O)OCC)C(c2ccc(Cl)cc2)C1S(C)(=O)=O. The van der Waals surface area contributed by atoms with Crippen molar-refractivity contribution >= 4 is 33.4 Å². The lowest BCUT2D eigenvalue weighted by Gasteiger charge is -2.15. The molecule has 1 aliphatic rings. The molecule has 0 amide bonds. The molecule has 24 heavy (non-hydrogen) atoms. The van der Waals surface area contributed by atoms with E-state index in [1.54, 1.807) is 38.1 Å². The van der Waals surface area contributed by atoms with Gasteiger partial charge in [0.2, 0.25) is 0 Å². The number of hydrogen-bond donors (Lipinski definition) is 0. The highest BCUT2D eigenvalue weighted by molar-refractivity contribution is 7.91. The lowest BCUT2D eigenvalue weighted by molar-refractivity contribution is -0.164. The van der Waals surface area contributed by atoms with Crippen molar-refractivity contribution in [3.63, 3.8) is 0 Å². The second-order valence-corrected chi connectivity index (χ2v) is 8.19. The lowest BCUT2D eigenvalue weighted by atomic mass is 9.99. The maximum atomic E-state index is 12.5. The second-order valence-electron chi connectivity index (χ2n) is 5.59. The van der Waals surface area contributed by atoms with Crippen LogP contribution in [-0.4, -0.2) is 45.1 Å². The molecule has 0 N–H and O–H groups in total. The zero-order valence-electron chi connectivity index (χ0n) is 13.6. The van der Waals surface area contributed by atoms with Crippen LogP contribution in [0.25, 0.3) is 0 Å². The Kier molecular flexibility index (Phi) is 5.25.